The molecule has 0 fully saturated rings. The fourth-order valence-electron chi connectivity index (χ4n) is 2.57. The normalized spacial score (nSPS) is 25.5. The summed E-state index contributed by atoms with van der Waals surface area (Å²) >= 11 is 0. The molecule has 2 unspecified atom stereocenters. The van der Waals surface area contributed by atoms with E-state index in [1.165, 1.54) is 18.4 Å². The molecule has 1 aliphatic carbocycles. The maximum Gasteiger partial charge on any atom is 0.124 e. The van der Waals surface area contributed by atoms with Gasteiger partial charge in [-0.25, -0.2) is 0 Å². The van der Waals surface area contributed by atoms with Crippen LogP contribution < -0.4 is 5.32 Å². The highest BCUT2D eigenvalue weighted by Gasteiger charge is 2.17. The Labute approximate surface area is 96.9 Å². The lowest BCUT2D eigenvalue weighted by Gasteiger charge is -2.25. The van der Waals surface area contributed by atoms with E-state index in [4.69, 9.17) is 4.52 Å². The maximum absolute atomic E-state index is 4.79. The molecule has 0 bridgehead atoms. The summed E-state index contributed by atoms with van der Waals surface area (Å²) in [6, 6.07) is 1.90. The van der Waals surface area contributed by atoms with Gasteiger partial charge in [-0.3, -0.25) is 0 Å². The zero-order valence-corrected chi connectivity index (χ0v) is 10.1. The Bertz CT molecular complexity index is 343. The van der Waals surface area contributed by atoms with Crippen LogP contribution in [0, 0.1) is 11.8 Å². The van der Waals surface area contributed by atoms with E-state index in [0.29, 0.717) is 0 Å². The Morgan fingerprint density at radius 3 is 3.12 bits per heavy atom. The number of hydrogen-bond donors (Lipinski definition) is 1. The number of nitrogens with zero attached hydrogens (tertiary/aromatic N) is 1. The zero-order valence-electron chi connectivity index (χ0n) is 10.1. The van der Waals surface area contributed by atoms with Crippen LogP contribution in [0.2, 0.25) is 0 Å². The molecule has 0 spiro atoms. The summed E-state index contributed by atoms with van der Waals surface area (Å²) in [5.41, 5.74) is 2.52. The fraction of sp³-hybridized carbons (Fsp3) is 0.615. The third-order valence-corrected chi connectivity index (χ3v) is 3.12. The quantitative estimate of drug-likeness (QED) is 0.793. The van der Waals surface area contributed by atoms with Gasteiger partial charge in [0.15, 0.2) is 0 Å². The molecule has 0 radical (unpaired) electrons. The third-order valence-electron chi connectivity index (χ3n) is 3.12. The Kier molecular flexibility index (Phi) is 3.78. The first-order valence-corrected chi connectivity index (χ1v) is 6.01. The minimum Gasteiger partial charge on any atom is -0.364 e. The highest BCUT2D eigenvalue weighted by Crippen LogP contribution is 2.27. The molecule has 1 aromatic rings. The first-order valence-electron chi connectivity index (χ1n) is 6.01. The van der Waals surface area contributed by atoms with Crippen molar-refractivity contribution in [3.8, 4) is 0 Å². The molecule has 1 aromatic heterocycles. The highest BCUT2D eigenvalue weighted by atomic mass is 16.5. The van der Waals surface area contributed by atoms with Crippen molar-refractivity contribution >= 4 is 0 Å². The summed E-state index contributed by atoms with van der Waals surface area (Å²) in [5.74, 6) is 1.50. The van der Waals surface area contributed by atoms with Gasteiger partial charge in [-0.1, -0.05) is 23.7 Å². The molecule has 1 aliphatic rings. The summed E-state index contributed by atoms with van der Waals surface area (Å²) in [7, 11) is 0. The summed E-state index contributed by atoms with van der Waals surface area (Å²) in [5, 5.41) is 7.33. The molecule has 0 amide bonds. The molecule has 2 atom stereocenters. The predicted octanol–water partition coefficient (Wildman–Crippen LogP) is 2.76. The third kappa shape index (κ3) is 3.20. The number of hydrogen-bond acceptors (Lipinski definition) is 3. The van der Waals surface area contributed by atoms with E-state index in [9.17, 15) is 0 Å². The van der Waals surface area contributed by atoms with Gasteiger partial charge in [0.1, 0.15) is 6.26 Å². The van der Waals surface area contributed by atoms with Crippen molar-refractivity contribution < 1.29 is 4.52 Å². The van der Waals surface area contributed by atoms with Gasteiger partial charge in [-0.05, 0) is 38.1 Å². The van der Waals surface area contributed by atoms with Gasteiger partial charge >= 0.3 is 0 Å². The lowest BCUT2D eigenvalue weighted by Crippen LogP contribution is -2.25. The first-order chi connectivity index (χ1) is 7.74. The zero-order chi connectivity index (χ0) is 11.4. The van der Waals surface area contributed by atoms with Crippen LogP contribution in [0.5, 0.6) is 0 Å². The van der Waals surface area contributed by atoms with Gasteiger partial charge in [0.05, 0.1) is 5.69 Å². The molecule has 0 saturated carbocycles. The van der Waals surface area contributed by atoms with Crippen molar-refractivity contribution in [3.05, 3.63) is 29.7 Å². The number of nitrogens with one attached hydrogen (secondary N) is 1. The largest absolute Gasteiger partial charge is 0.364 e. The van der Waals surface area contributed by atoms with Crippen molar-refractivity contribution in [1.29, 1.82) is 0 Å². The van der Waals surface area contributed by atoms with Crippen molar-refractivity contribution in [2.75, 3.05) is 6.54 Å². The van der Waals surface area contributed by atoms with Crippen LogP contribution in [0.3, 0.4) is 0 Å². The number of rotatable bonds is 4. The van der Waals surface area contributed by atoms with Crippen molar-refractivity contribution in [1.82, 2.24) is 10.5 Å². The van der Waals surface area contributed by atoms with Gasteiger partial charge in [0, 0.05) is 12.6 Å². The van der Waals surface area contributed by atoms with Crippen LogP contribution in [-0.4, -0.2) is 11.7 Å². The van der Waals surface area contributed by atoms with Gasteiger partial charge in [-0.2, -0.15) is 0 Å². The monoisotopic (exact) mass is 220 g/mol. The molecule has 88 valence electrons. The van der Waals surface area contributed by atoms with E-state index in [1.54, 1.807) is 6.26 Å². The van der Waals surface area contributed by atoms with E-state index >= 15 is 0 Å². The van der Waals surface area contributed by atoms with Gasteiger partial charge in [-0.15, -0.1) is 0 Å². The topological polar surface area (TPSA) is 38.1 Å². The molecular weight excluding hydrogens is 200 g/mol. The second kappa shape index (κ2) is 5.30. The summed E-state index contributed by atoms with van der Waals surface area (Å²) in [6.45, 7) is 6.42. The standard InChI is InChI=1S/C13H20N2O/c1-10-5-11(2)7-12(6-10)8-14-9-13-3-4-16-15-13/h3-5,10,12,14H,6-9H2,1-2H3. The summed E-state index contributed by atoms with van der Waals surface area (Å²) < 4.78 is 4.79. The molecule has 1 heterocycles. The molecule has 16 heavy (non-hydrogen) atoms. The second-order valence-electron chi connectivity index (χ2n) is 4.92. The van der Waals surface area contributed by atoms with Crippen molar-refractivity contribution in [3.63, 3.8) is 0 Å². The average molecular weight is 220 g/mol. The second-order valence-corrected chi connectivity index (χ2v) is 4.92. The molecule has 2 rings (SSSR count). The minimum absolute atomic E-state index is 0.729. The fourth-order valence-corrected chi connectivity index (χ4v) is 2.57. The summed E-state index contributed by atoms with van der Waals surface area (Å²) in [6.07, 6.45) is 6.54. The van der Waals surface area contributed by atoms with E-state index in [1.807, 2.05) is 6.07 Å². The van der Waals surface area contributed by atoms with Gasteiger partial charge in [0.2, 0.25) is 0 Å². The molecule has 0 saturated heterocycles. The molecule has 3 nitrogen and oxygen atoms in total. The van der Waals surface area contributed by atoms with E-state index in [0.717, 1.165) is 30.6 Å². The lowest BCUT2D eigenvalue weighted by molar-refractivity contribution is 0.373. The average Bonchev–Trinajstić information content (AvgIpc) is 2.69. The van der Waals surface area contributed by atoms with Gasteiger partial charge < -0.3 is 9.84 Å². The van der Waals surface area contributed by atoms with E-state index in [-0.39, 0.29) is 0 Å². The molecular formula is C13H20N2O. The summed E-state index contributed by atoms with van der Waals surface area (Å²) in [4.78, 5) is 0. The van der Waals surface area contributed by atoms with Crippen LogP contribution in [0.15, 0.2) is 28.5 Å². The maximum atomic E-state index is 4.79. The predicted molar refractivity (Wildman–Crippen MR) is 63.9 cm³/mol. The van der Waals surface area contributed by atoms with Gasteiger partial charge in [0.25, 0.3) is 0 Å². The Morgan fingerprint density at radius 1 is 1.56 bits per heavy atom. The van der Waals surface area contributed by atoms with Crippen LogP contribution in [0.1, 0.15) is 32.4 Å². The number of aromatic nitrogens is 1. The smallest absolute Gasteiger partial charge is 0.124 e. The van der Waals surface area contributed by atoms with Crippen LogP contribution in [0.4, 0.5) is 0 Å². The molecule has 0 aromatic carbocycles. The minimum atomic E-state index is 0.729. The van der Waals surface area contributed by atoms with Crippen LogP contribution in [-0.2, 0) is 6.54 Å². The van der Waals surface area contributed by atoms with Crippen molar-refractivity contribution in [2.24, 2.45) is 11.8 Å². The van der Waals surface area contributed by atoms with E-state index < -0.39 is 0 Å². The van der Waals surface area contributed by atoms with Crippen LogP contribution in [0.25, 0.3) is 0 Å². The van der Waals surface area contributed by atoms with Crippen molar-refractivity contribution in [2.45, 2.75) is 33.2 Å². The SMILES string of the molecule is CC1=CC(C)CC(CNCc2ccon2)C1. The lowest BCUT2D eigenvalue weighted by atomic mass is 9.84. The van der Waals surface area contributed by atoms with Crippen LogP contribution >= 0.6 is 0 Å². The van der Waals surface area contributed by atoms with E-state index in [2.05, 4.69) is 30.4 Å². The first kappa shape index (κ1) is 11.4. The molecule has 1 N–H and O–H groups in total. The molecule has 3 heteroatoms. The molecule has 0 aliphatic heterocycles. The number of allylic oxidation sites excluding steroid dienone is 2. The Morgan fingerprint density at radius 2 is 2.44 bits per heavy atom. The highest BCUT2D eigenvalue weighted by molar-refractivity contribution is 5.06. The Hall–Kier alpha value is -1.09. The Balaban J connectivity index is 1.73.